The summed E-state index contributed by atoms with van der Waals surface area (Å²) < 4.78 is 34.8. The standard InChI is InChI=1S/C22H30N6O4S/c1-23-11-12-24-33(30,31)15-9-10-16(17(13-15)32-3)20-25-21-18(22(29)26-20)19(27-28(21)2)14-7-5-4-6-8-14/h9-10,13-14,23-24H,4-8,11-12H2,1-3H3,(H,25,26,29). The SMILES string of the molecule is CNCCNS(=O)(=O)c1ccc(-c2nc3c(c(C4CCCCC4)nn3C)c(=O)[nH]2)c(OC)c1. The zero-order chi connectivity index (χ0) is 23.6. The number of nitrogens with zero attached hydrogens (tertiary/aromatic N) is 3. The second-order valence-corrected chi connectivity index (χ2v) is 10.1. The Morgan fingerprint density at radius 2 is 1.97 bits per heavy atom. The van der Waals surface area contributed by atoms with Crippen molar-refractivity contribution in [3.05, 3.63) is 34.2 Å². The van der Waals surface area contributed by atoms with Crippen LogP contribution in [0.1, 0.15) is 43.7 Å². The molecule has 0 atom stereocenters. The molecule has 1 aliphatic rings. The van der Waals surface area contributed by atoms with Crippen molar-refractivity contribution in [2.75, 3.05) is 27.2 Å². The van der Waals surface area contributed by atoms with E-state index in [2.05, 4.69) is 25.1 Å². The van der Waals surface area contributed by atoms with E-state index in [-0.39, 0.29) is 22.9 Å². The average Bonchev–Trinajstić information content (AvgIpc) is 3.16. The van der Waals surface area contributed by atoms with E-state index < -0.39 is 10.0 Å². The first-order chi connectivity index (χ1) is 15.9. The van der Waals surface area contributed by atoms with Crippen LogP contribution in [0.15, 0.2) is 27.9 Å². The molecule has 1 saturated carbocycles. The fourth-order valence-electron chi connectivity index (χ4n) is 4.40. The van der Waals surface area contributed by atoms with Crippen molar-refractivity contribution in [1.29, 1.82) is 0 Å². The molecule has 0 aliphatic heterocycles. The number of likely N-dealkylation sites (N-methyl/N-ethyl adjacent to an activating group) is 1. The monoisotopic (exact) mass is 474 g/mol. The van der Waals surface area contributed by atoms with Crippen molar-refractivity contribution in [3.63, 3.8) is 0 Å². The largest absolute Gasteiger partial charge is 0.496 e. The quantitative estimate of drug-likeness (QED) is 0.425. The number of aromatic nitrogens is 4. The summed E-state index contributed by atoms with van der Waals surface area (Å²) in [5.41, 5.74) is 1.55. The first-order valence-corrected chi connectivity index (χ1v) is 12.6. The maximum absolute atomic E-state index is 13.1. The molecule has 0 radical (unpaired) electrons. The van der Waals surface area contributed by atoms with Crippen LogP contribution >= 0.6 is 0 Å². The van der Waals surface area contributed by atoms with Gasteiger partial charge in [0.2, 0.25) is 10.0 Å². The molecule has 0 saturated heterocycles. The summed E-state index contributed by atoms with van der Waals surface area (Å²) >= 11 is 0. The molecule has 0 amide bonds. The van der Waals surface area contributed by atoms with Gasteiger partial charge in [0.05, 0.1) is 23.3 Å². The van der Waals surface area contributed by atoms with Crippen LogP contribution in [0.2, 0.25) is 0 Å². The van der Waals surface area contributed by atoms with Crippen molar-refractivity contribution in [2.24, 2.45) is 7.05 Å². The molecular weight excluding hydrogens is 444 g/mol. The number of hydrogen-bond acceptors (Lipinski definition) is 7. The van der Waals surface area contributed by atoms with Gasteiger partial charge in [-0.15, -0.1) is 0 Å². The lowest BCUT2D eigenvalue weighted by Crippen LogP contribution is -2.30. The van der Waals surface area contributed by atoms with Gasteiger partial charge in [0.25, 0.3) is 5.56 Å². The van der Waals surface area contributed by atoms with Crippen LogP contribution in [0.3, 0.4) is 0 Å². The Bertz CT molecular complexity index is 1310. The molecule has 1 aromatic carbocycles. The molecule has 2 aromatic heterocycles. The highest BCUT2D eigenvalue weighted by Crippen LogP contribution is 2.35. The number of ether oxygens (including phenoxy) is 1. The van der Waals surface area contributed by atoms with Crippen molar-refractivity contribution in [3.8, 4) is 17.1 Å². The third kappa shape index (κ3) is 4.66. The van der Waals surface area contributed by atoms with Gasteiger partial charge in [0.15, 0.2) is 5.65 Å². The molecule has 3 N–H and O–H groups in total. The van der Waals surface area contributed by atoms with Gasteiger partial charge in [-0.2, -0.15) is 5.10 Å². The summed E-state index contributed by atoms with van der Waals surface area (Å²) in [6.45, 7) is 0.769. The van der Waals surface area contributed by atoms with Gasteiger partial charge in [-0.25, -0.2) is 22.8 Å². The number of benzene rings is 1. The highest BCUT2D eigenvalue weighted by molar-refractivity contribution is 7.89. The molecule has 1 fully saturated rings. The van der Waals surface area contributed by atoms with Gasteiger partial charge < -0.3 is 15.0 Å². The van der Waals surface area contributed by atoms with E-state index in [1.165, 1.54) is 25.7 Å². The number of hydrogen-bond donors (Lipinski definition) is 3. The Hall–Kier alpha value is -2.76. The smallest absolute Gasteiger partial charge is 0.262 e. The predicted molar refractivity (Wildman–Crippen MR) is 126 cm³/mol. The molecule has 2 heterocycles. The van der Waals surface area contributed by atoms with Crippen LogP contribution in [-0.2, 0) is 17.1 Å². The van der Waals surface area contributed by atoms with Crippen molar-refractivity contribution in [1.82, 2.24) is 29.8 Å². The number of nitrogens with one attached hydrogen (secondary N) is 3. The van der Waals surface area contributed by atoms with Gasteiger partial charge in [0.1, 0.15) is 17.0 Å². The van der Waals surface area contributed by atoms with Crippen LogP contribution in [0.25, 0.3) is 22.4 Å². The van der Waals surface area contributed by atoms with E-state index in [1.54, 1.807) is 24.8 Å². The van der Waals surface area contributed by atoms with Crippen molar-refractivity contribution >= 4 is 21.1 Å². The number of fused-ring (bicyclic) bond motifs is 1. The third-order valence-corrected chi connectivity index (χ3v) is 7.58. The summed E-state index contributed by atoms with van der Waals surface area (Å²) in [6, 6.07) is 4.49. The molecule has 0 spiro atoms. The highest BCUT2D eigenvalue weighted by atomic mass is 32.2. The number of rotatable bonds is 8. The molecule has 10 nitrogen and oxygen atoms in total. The fraction of sp³-hybridized carbons (Fsp3) is 0.500. The van der Waals surface area contributed by atoms with Crippen LogP contribution < -0.4 is 20.3 Å². The zero-order valence-corrected chi connectivity index (χ0v) is 20.0. The number of H-pyrrole nitrogens is 1. The van der Waals surface area contributed by atoms with Crippen molar-refractivity contribution < 1.29 is 13.2 Å². The van der Waals surface area contributed by atoms with Gasteiger partial charge in [-0.1, -0.05) is 19.3 Å². The highest BCUT2D eigenvalue weighted by Gasteiger charge is 2.25. The molecule has 1 aliphatic carbocycles. The summed E-state index contributed by atoms with van der Waals surface area (Å²) in [4.78, 5) is 20.7. The number of aryl methyl sites for hydroxylation is 1. The molecule has 0 unspecified atom stereocenters. The Morgan fingerprint density at radius 1 is 1.21 bits per heavy atom. The molecular formula is C22H30N6O4S. The van der Waals surface area contributed by atoms with Crippen LogP contribution in [-0.4, -0.2) is 55.4 Å². The number of sulfonamides is 1. The molecule has 0 bridgehead atoms. The summed E-state index contributed by atoms with van der Waals surface area (Å²) in [5, 5.41) is 8.06. The topological polar surface area (TPSA) is 131 Å². The molecule has 3 aromatic rings. The third-order valence-electron chi connectivity index (χ3n) is 6.12. The van der Waals surface area contributed by atoms with E-state index in [0.29, 0.717) is 34.7 Å². The predicted octanol–water partition coefficient (Wildman–Crippen LogP) is 1.88. The van der Waals surface area contributed by atoms with Crippen LogP contribution in [0, 0.1) is 0 Å². The van der Waals surface area contributed by atoms with Gasteiger partial charge >= 0.3 is 0 Å². The molecule has 178 valence electrons. The Balaban J connectivity index is 1.74. The summed E-state index contributed by atoms with van der Waals surface area (Å²) in [6.07, 6.45) is 5.56. The zero-order valence-electron chi connectivity index (χ0n) is 19.1. The van der Waals surface area contributed by atoms with Crippen molar-refractivity contribution in [2.45, 2.75) is 42.9 Å². The second kappa shape index (κ2) is 9.62. The van der Waals surface area contributed by atoms with E-state index in [0.717, 1.165) is 31.4 Å². The Morgan fingerprint density at radius 3 is 2.67 bits per heavy atom. The van der Waals surface area contributed by atoms with Gasteiger partial charge in [-0.3, -0.25) is 4.79 Å². The van der Waals surface area contributed by atoms with Crippen LogP contribution in [0.4, 0.5) is 0 Å². The van der Waals surface area contributed by atoms with E-state index in [4.69, 9.17) is 4.74 Å². The lowest BCUT2D eigenvalue weighted by molar-refractivity contribution is 0.414. The Labute approximate surface area is 192 Å². The maximum atomic E-state index is 13.1. The van der Waals surface area contributed by atoms with Crippen LogP contribution in [0.5, 0.6) is 5.75 Å². The first kappa shape index (κ1) is 23.4. The normalized spacial score (nSPS) is 15.2. The first-order valence-electron chi connectivity index (χ1n) is 11.2. The second-order valence-electron chi connectivity index (χ2n) is 8.32. The maximum Gasteiger partial charge on any atom is 0.262 e. The number of aromatic amines is 1. The lowest BCUT2D eigenvalue weighted by Gasteiger charge is -2.19. The van der Waals surface area contributed by atoms with E-state index >= 15 is 0 Å². The molecule has 4 rings (SSSR count). The summed E-state index contributed by atoms with van der Waals surface area (Å²) in [5.74, 6) is 0.865. The average molecular weight is 475 g/mol. The lowest BCUT2D eigenvalue weighted by atomic mass is 9.86. The minimum atomic E-state index is -3.70. The number of methoxy groups -OCH3 is 1. The fourth-order valence-corrected chi connectivity index (χ4v) is 5.45. The minimum Gasteiger partial charge on any atom is -0.496 e. The van der Waals surface area contributed by atoms with E-state index in [1.807, 2.05) is 0 Å². The summed E-state index contributed by atoms with van der Waals surface area (Å²) in [7, 11) is 1.28. The van der Waals surface area contributed by atoms with Gasteiger partial charge in [0, 0.05) is 32.1 Å². The Kier molecular flexibility index (Phi) is 6.82. The van der Waals surface area contributed by atoms with Gasteiger partial charge in [-0.05, 0) is 32.0 Å². The molecule has 11 heteroatoms. The molecule has 33 heavy (non-hydrogen) atoms. The van der Waals surface area contributed by atoms with E-state index in [9.17, 15) is 13.2 Å². The minimum absolute atomic E-state index is 0.0720.